The molecule has 0 spiro atoms. The first-order chi connectivity index (χ1) is 6.75. The van der Waals surface area contributed by atoms with Crippen LogP contribution < -0.4 is 0 Å². The highest BCUT2D eigenvalue weighted by molar-refractivity contribution is 5.72. The molecular formula is C10H17NO3. The lowest BCUT2D eigenvalue weighted by Crippen LogP contribution is -2.31. The molecule has 2 aliphatic heterocycles. The van der Waals surface area contributed by atoms with E-state index < -0.39 is 12.1 Å². The molecule has 2 heterocycles. The van der Waals surface area contributed by atoms with Crippen LogP contribution in [0.4, 0.5) is 0 Å². The lowest BCUT2D eigenvalue weighted by molar-refractivity contribution is -0.149. The molecular weight excluding hydrogens is 182 g/mol. The van der Waals surface area contributed by atoms with E-state index in [-0.39, 0.29) is 6.10 Å². The van der Waals surface area contributed by atoms with E-state index >= 15 is 0 Å². The van der Waals surface area contributed by atoms with E-state index in [1.165, 1.54) is 12.8 Å². The largest absolute Gasteiger partial charge is 0.479 e. The summed E-state index contributed by atoms with van der Waals surface area (Å²) in [6.45, 7) is 3.22. The first kappa shape index (κ1) is 9.93. The van der Waals surface area contributed by atoms with Crippen LogP contribution in [0.25, 0.3) is 0 Å². The van der Waals surface area contributed by atoms with Crippen molar-refractivity contribution >= 4 is 5.97 Å². The van der Waals surface area contributed by atoms with E-state index in [4.69, 9.17) is 9.84 Å². The molecule has 2 atom stereocenters. The molecule has 2 aliphatic rings. The van der Waals surface area contributed by atoms with Gasteiger partial charge in [0.15, 0.2) is 6.10 Å². The van der Waals surface area contributed by atoms with Crippen molar-refractivity contribution < 1.29 is 14.6 Å². The van der Waals surface area contributed by atoms with Crippen LogP contribution >= 0.6 is 0 Å². The fraction of sp³-hybridized carbons (Fsp3) is 0.900. The second-order valence-corrected chi connectivity index (χ2v) is 4.17. The van der Waals surface area contributed by atoms with Gasteiger partial charge in [0.2, 0.25) is 0 Å². The van der Waals surface area contributed by atoms with Crippen LogP contribution in [-0.2, 0) is 9.53 Å². The van der Waals surface area contributed by atoms with Crippen LogP contribution in [0.1, 0.15) is 25.7 Å². The number of carbonyl (C=O) groups is 1. The highest BCUT2D eigenvalue weighted by Crippen LogP contribution is 2.21. The minimum absolute atomic E-state index is 0.147. The van der Waals surface area contributed by atoms with Crippen molar-refractivity contribution in [2.24, 2.45) is 0 Å². The van der Waals surface area contributed by atoms with Crippen molar-refractivity contribution in [2.75, 3.05) is 19.6 Å². The van der Waals surface area contributed by atoms with Gasteiger partial charge in [0, 0.05) is 6.54 Å². The van der Waals surface area contributed by atoms with E-state index in [9.17, 15) is 4.79 Å². The molecule has 0 aliphatic carbocycles. The summed E-state index contributed by atoms with van der Waals surface area (Å²) in [4.78, 5) is 13.0. The molecule has 4 nitrogen and oxygen atoms in total. The van der Waals surface area contributed by atoms with Crippen LogP contribution in [-0.4, -0.2) is 47.8 Å². The predicted molar refractivity (Wildman–Crippen MR) is 51.2 cm³/mol. The van der Waals surface area contributed by atoms with Crippen LogP contribution in [0.15, 0.2) is 0 Å². The standard InChI is InChI=1S/C10H17NO3/c12-10(13)9-4-3-8(14-9)7-11-5-1-2-6-11/h8-9H,1-7H2,(H,12,13). The summed E-state index contributed by atoms with van der Waals surface area (Å²) in [5, 5.41) is 8.75. The van der Waals surface area contributed by atoms with Crippen LogP contribution in [0, 0.1) is 0 Å². The Morgan fingerprint density at radius 1 is 1.36 bits per heavy atom. The van der Waals surface area contributed by atoms with E-state index in [0.717, 1.165) is 26.1 Å². The Bertz CT molecular complexity index is 213. The molecule has 0 saturated carbocycles. The Morgan fingerprint density at radius 3 is 2.64 bits per heavy atom. The van der Waals surface area contributed by atoms with Gasteiger partial charge < -0.3 is 14.7 Å². The molecule has 0 aromatic carbocycles. The molecule has 0 aromatic rings. The molecule has 1 N–H and O–H groups in total. The summed E-state index contributed by atoms with van der Waals surface area (Å²) in [5.74, 6) is -0.811. The van der Waals surface area contributed by atoms with Gasteiger partial charge in [0.25, 0.3) is 0 Å². The number of likely N-dealkylation sites (tertiary alicyclic amines) is 1. The van der Waals surface area contributed by atoms with Gasteiger partial charge >= 0.3 is 5.97 Å². The van der Waals surface area contributed by atoms with Crippen LogP contribution in [0.5, 0.6) is 0 Å². The first-order valence-corrected chi connectivity index (χ1v) is 5.36. The van der Waals surface area contributed by atoms with Crippen molar-refractivity contribution in [1.29, 1.82) is 0 Å². The van der Waals surface area contributed by atoms with E-state index in [1.54, 1.807) is 0 Å². The first-order valence-electron chi connectivity index (χ1n) is 5.36. The quantitative estimate of drug-likeness (QED) is 0.727. The number of rotatable bonds is 3. The highest BCUT2D eigenvalue weighted by Gasteiger charge is 2.31. The molecule has 4 heteroatoms. The number of carboxylic acid groups (broad SMARTS) is 1. The fourth-order valence-electron chi connectivity index (χ4n) is 2.27. The highest BCUT2D eigenvalue weighted by atomic mass is 16.5. The molecule has 2 rings (SSSR count). The lowest BCUT2D eigenvalue weighted by atomic mass is 10.2. The SMILES string of the molecule is O=C(O)C1CCC(CN2CCCC2)O1. The minimum atomic E-state index is -0.811. The van der Waals surface area contributed by atoms with Gasteiger partial charge in [0.1, 0.15) is 0 Å². The zero-order chi connectivity index (χ0) is 9.97. The van der Waals surface area contributed by atoms with Gasteiger partial charge in [-0.2, -0.15) is 0 Å². The third-order valence-corrected chi connectivity index (χ3v) is 3.04. The molecule has 0 bridgehead atoms. The summed E-state index contributed by atoms with van der Waals surface area (Å²) in [6.07, 6.45) is 3.71. The average molecular weight is 199 g/mol. The van der Waals surface area contributed by atoms with Gasteiger partial charge in [-0.3, -0.25) is 0 Å². The number of aliphatic carboxylic acids is 1. The van der Waals surface area contributed by atoms with Crippen LogP contribution in [0.3, 0.4) is 0 Å². The van der Waals surface area contributed by atoms with Crippen LogP contribution in [0.2, 0.25) is 0 Å². The smallest absolute Gasteiger partial charge is 0.332 e. The third-order valence-electron chi connectivity index (χ3n) is 3.04. The van der Waals surface area contributed by atoms with E-state index in [1.807, 2.05) is 0 Å². The van der Waals surface area contributed by atoms with E-state index in [0.29, 0.717) is 6.42 Å². The molecule has 2 fully saturated rings. The number of hydrogen-bond donors (Lipinski definition) is 1. The molecule has 0 amide bonds. The zero-order valence-corrected chi connectivity index (χ0v) is 8.32. The average Bonchev–Trinajstić information content (AvgIpc) is 2.75. The summed E-state index contributed by atoms with van der Waals surface area (Å²) in [6, 6.07) is 0. The summed E-state index contributed by atoms with van der Waals surface area (Å²) >= 11 is 0. The molecule has 80 valence electrons. The third kappa shape index (κ3) is 2.25. The molecule has 14 heavy (non-hydrogen) atoms. The Hall–Kier alpha value is -0.610. The molecule has 2 saturated heterocycles. The van der Waals surface area contributed by atoms with Gasteiger partial charge in [-0.25, -0.2) is 4.79 Å². The zero-order valence-electron chi connectivity index (χ0n) is 8.32. The number of hydrogen-bond acceptors (Lipinski definition) is 3. The normalized spacial score (nSPS) is 33.7. The van der Waals surface area contributed by atoms with Crippen molar-refractivity contribution in [2.45, 2.75) is 37.9 Å². The van der Waals surface area contributed by atoms with E-state index in [2.05, 4.69) is 4.90 Å². The predicted octanol–water partition coefficient (Wildman–Crippen LogP) is 0.714. The van der Waals surface area contributed by atoms with Gasteiger partial charge in [0.05, 0.1) is 6.10 Å². The maximum atomic E-state index is 10.6. The Labute approximate surface area is 83.8 Å². The summed E-state index contributed by atoms with van der Waals surface area (Å²) < 4.78 is 5.44. The second kappa shape index (κ2) is 4.28. The Balaban J connectivity index is 1.75. The summed E-state index contributed by atoms with van der Waals surface area (Å²) in [5.41, 5.74) is 0. The Kier molecular flexibility index (Phi) is 3.03. The maximum absolute atomic E-state index is 10.6. The second-order valence-electron chi connectivity index (χ2n) is 4.17. The van der Waals surface area contributed by atoms with Crippen molar-refractivity contribution in [1.82, 2.24) is 4.90 Å². The molecule has 0 aromatic heterocycles. The number of carboxylic acids is 1. The monoisotopic (exact) mass is 199 g/mol. The van der Waals surface area contributed by atoms with Gasteiger partial charge in [-0.05, 0) is 38.8 Å². The van der Waals surface area contributed by atoms with Gasteiger partial charge in [-0.15, -0.1) is 0 Å². The number of nitrogens with zero attached hydrogens (tertiary/aromatic N) is 1. The molecule has 2 unspecified atom stereocenters. The lowest BCUT2D eigenvalue weighted by Gasteiger charge is -2.19. The topological polar surface area (TPSA) is 49.8 Å². The maximum Gasteiger partial charge on any atom is 0.332 e. The summed E-state index contributed by atoms with van der Waals surface area (Å²) in [7, 11) is 0. The number of ether oxygens (including phenoxy) is 1. The Morgan fingerprint density at radius 2 is 2.07 bits per heavy atom. The van der Waals surface area contributed by atoms with Crippen molar-refractivity contribution in [3.8, 4) is 0 Å². The van der Waals surface area contributed by atoms with Crippen molar-refractivity contribution in [3.05, 3.63) is 0 Å². The fourth-order valence-corrected chi connectivity index (χ4v) is 2.27. The van der Waals surface area contributed by atoms with Crippen molar-refractivity contribution in [3.63, 3.8) is 0 Å². The molecule has 0 radical (unpaired) electrons. The minimum Gasteiger partial charge on any atom is -0.479 e. The van der Waals surface area contributed by atoms with Gasteiger partial charge in [-0.1, -0.05) is 0 Å².